The van der Waals surface area contributed by atoms with E-state index in [1.54, 1.807) is 10.6 Å². The molecule has 2 aromatic carbocycles. The minimum absolute atomic E-state index is 0.0978. The molecule has 11 heteroatoms. The van der Waals surface area contributed by atoms with Crippen molar-refractivity contribution in [1.82, 2.24) is 19.5 Å². The number of fused-ring (bicyclic) bond motifs is 1. The van der Waals surface area contributed by atoms with E-state index in [0.29, 0.717) is 30.1 Å². The van der Waals surface area contributed by atoms with Crippen LogP contribution < -0.4 is 4.90 Å². The second kappa shape index (κ2) is 10.5. The van der Waals surface area contributed by atoms with Crippen LogP contribution >= 0.6 is 12.6 Å². The molecule has 2 N–H and O–H groups in total. The van der Waals surface area contributed by atoms with Gasteiger partial charge in [-0.2, -0.15) is 0 Å². The quantitative estimate of drug-likeness (QED) is 0.310. The predicted octanol–water partition coefficient (Wildman–Crippen LogP) is 2.73. The number of aromatic nitrogens is 4. The van der Waals surface area contributed by atoms with Crippen molar-refractivity contribution in [2.45, 2.75) is 42.6 Å². The van der Waals surface area contributed by atoms with E-state index in [1.807, 2.05) is 42.3 Å². The van der Waals surface area contributed by atoms with Gasteiger partial charge in [-0.1, -0.05) is 24.3 Å². The molecule has 1 aliphatic heterocycles. The van der Waals surface area contributed by atoms with Gasteiger partial charge in [0.2, 0.25) is 0 Å². The molecule has 0 aliphatic carbocycles. The molecular formula is C25H26FN5O4S. The number of thiol groups is 1. The summed E-state index contributed by atoms with van der Waals surface area (Å²) in [5.74, 6) is 0.237. The number of anilines is 1. The lowest BCUT2D eigenvalue weighted by Crippen LogP contribution is -2.33. The van der Waals surface area contributed by atoms with Gasteiger partial charge in [0.15, 0.2) is 23.2 Å². The van der Waals surface area contributed by atoms with Crippen molar-refractivity contribution >= 4 is 29.6 Å². The third kappa shape index (κ3) is 5.06. The molecule has 188 valence electrons. The molecular weight excluding hydrogens is 485 g/mol. The van der Waals surface area contributed by atoms with Crippen LogP contribution in [0.2, 0.25) is 0 Å². The Morgan fingerprint density at radius 1 is 1.08 bits per heavy atom. The highest BCUT2D eigenvalue weighted by Gasteiger charge is 2.44. The maximum Gasteiger partial charge on any atom is 0.167 e. The van der Waals surface area contributed by atoms with E-state index in [0.717, 1.165) is 16.0 Å². The highest BCUT2D eigenvalue weighted by atomic mass is 32.1. The number of ether oxygens (including phenoxy) is 2. The molecule has 4 aromatic rings. The number of hydrogen-bond acceptors (Lipinski definition) is 9. The van der Waals surface area contributed by atoms with E-state index in [2.05, 4.69) is 27.6 Å². The van der Waals surface area contributed by atoms with Crippen LogP contribution in [0, 0.1) is 5.82 Å². The first kappa shape index (κ1) is 24.6. The summed E-state index contributed by atoms with van der Waals surface area (Å²) >= 11 is 4.27. The Balaban J connectivity index is 1.30. The average molecular weight is 512 g/mol. The monoisotopic (exact) mass is 511 g/mol. The SMILES string of the molecule is CN(Cc1cccc(F)c1)c1ncnc2c1ncn2[C@@H]1O[C@H](COCc2ccc(S)cc2)[C@@H](O)[C@H]1O. The van der Waals surface area contributed by atoms with Crippen LogP contribution in [0.25, 0.3) is 11.2 Å². The molecule has 36 heavy (non-hydrogen) atoms. The van der Waals surface area contributed by atoms with E-state index in [-0.39, 0.29) is 12.4 Å². The highest BCUT2D eigenvalue weighted by Crippen LogP contribution is 2.33. The second-order valence-electron chi connectivity index (χ2n) is 8.74. The first-order chi connectivity index (χ1) is 17.4. The maximum atomic E-state index is 13.6. The lowest BCUT2D eigenvalue weighted by Gasteiger charge is -2.19. The Morgan fingerprint density at radius 3 is 2.67 bits per heavy atom. The van der Waals surface area contributed by atoms with Gasteiger partial charge in [-0.15, -0.1) is 12.6 Å². The summed E-state index contributed by atoms with van der Waals surface area (Å²) in [6.45, 7) is 0.846. The number of halogens is 1. The molecule has 0 spiro atoms. The summed E-state index contributed by atoms with van der Waals surface area (Å²) < 4.78 is 26.9. The molecule has 0 unspecified atom stereocenters. The van der Waals surface area contributed by atoms with Crippen molar-refractivity contribution in [3.63, 3.8) is 0 Å². The molecule has 0 radical (unpaired) electrons. The molecule has 1 saturated heterocycles. The van der Waals surface area contributed by atoms with Crippen molar-refractivity contribution < 1.29 is 24.1 Å². The molecule has 5 rings (SSSR count). The number of rotatable bonds is 8. The Bertz CT molecular complexity index is 1340. The highest BCUT2D eigenvalue weighted by molar-refractivity contribution is 7.80. The summed E-state index contributed by atoms with van der Waals surface area (Å²) in [5.41, 5.74) is 2.68. The standard InChI is InChI=1S/C25H26FN5O4S/c1-30(10-16-3-2-4-17(26)9-16)23-20-24(28-13-27-23)31(14-29-20)25-22(33)21(32)19(35-25)12-34-11-15-5-7-18(36)8-6-15/h2-9,13-14,19,21-22,25,32-33,36H,10-12H2,1H3/t19-,21-,22-,25-/m1/s1. The van der Waals surface area contributed by atoms with Gasteiger partial charge in [-0.25, -0.2) is 19.3 Å². The predicted molar refractivity (Wildman–Crippen MR) is 133 cm³/mol. The zero-order chi connectivity index (χ0) is 25.2. The normalized spacial score (nSPS) is 21.8. The molecule has 2 aromatic heterocycles. The number of nitrogens with zero attached hydrogens (tertiary/aromatic N) is 5. The van der Waals surface area contributed by atoms with E-state index in [4.69, 9.17) is 9.47 Å². The minimum atomic E-state index is -1.21. The molecule has 0 amide bonds. The van der Waals surface area contributed by atoms with Crippen molar-refractivity contribution in [3.8, 4) is 0 Å². The molecule has 4 atom stereocenters. The number of benzene rings is 2. The van der Waals surface area contributed by atoms with Crippen molar-refractivity contribution in [2.24, 2.45) is 0 Å². The van der Waals surface area contributed by atoms with E-state index in [1.165, 1.54) is 24.8 Å². The van der Waals surface area contributed by atoms with Crippen LogP contribution in [0.15, 0.2) is 66.1 Å². The van der Waals surface area contributed by atoms with Gasteiger partial charge in [0.05, 0.1) is 19.5 Å². The van der Waals surface area contributed by atoms with Gasteiger partial charge in [0.25, 0.3) is 0 Å². The summed E-state index contributed by atoms with van der Waals surface area (Å²) in [6.07, 6.45) is -1.09. The largest absolute Gasteiger partial charge is 0.387 e. The Kier molecular flexibility index (Phi) is 7.17. The zero-order valence-electron chi connectivity index (χ0n) is 19.5. The molecule has 1 aliphatic rings. The van der Waals surface area contributed by atoms with Crippen LogP contribution in [-0.4, -0.2) is 61.7 Å². The molecule has 9 nitrogen and oxygen atoms in total. The summed E-state index contributed by atoms with van der Waals surface area (Å²) in [4.78, 5) is 15.8. The first-order valence-corrected chi connectivity index (χ1v) is 11.9. The fourth-order valence-corrected chi connectivity index (χ4v) is 4.42. The molecule has 1 fully saturated rings. The van der Waals surface area contributed by atoms with E-state index < -0.39 is 24.5 Å². The Labute approximate surface area is 212 Å². The second-order valence-corrected chi connectivity index (χ2v) is 9.25. The Morgan fingerprint density at radius 2 is 1.89 bits per heavy atom. The van der Waals surface area contributed by atoms with Gasteiger partial charge < -0.3 is 24.6 Å². The number of imidazole rings is 1. The van der Waals surface area contributed by atoms with E-state index >= 15 is 0 Å². The van der Waals surface area contributed by atoms with Crippen molar-refractivity contribution in [2.75, 3.05) is 18.6 Å². The van der Waals surface area contributed by atoms with Crippen LogP contribution in [-0.2, 0) is 22.6 Å². The fraction of sp³-hybridized carbons (Fsp3) is 0.320. The average Bonchev–Trinajstić information content (AvgIpc) is 3.41. The summed E-state index contributed by atoms with van der Waals surface area (Å²) in [6, 6.07) is 13.9. The van der Waals surface area contributed by atoms with Crippen LogP contribution in [0.3, 0.4) is 0 Å². The van der Waals surface area contributed by atoms with Gasteiger partial charge in [0, 0.05) is 18.5 Å². The summed E-state index contributed by atoms with van der Waals surface area (Å²) in [5, 5.41) is 21.3. The number of aliphatic hydroxyl groups excluding tert-OH is 2. The maximum absolute atomic E-state index is 13.6. The van der Waals surface area contributed by atoms with Crippen molar-refractivity contribution in [3.05, 3.63) is 78.1 Å². The third-order valence-electron chi connectivity index (χ3n) is 6.11. The van der Waals surface area contributed by atoms with Crippen LogP contribution in [0.5, 0.6) is 0 Å². The van der Waals surface area contributed by atoms with Gasteiger partial charge in [0.1, 0.15) is 30.5 Å². The minimum Gasteiger partial charge on any atom is -0.387 e. The van der Waals surface area contributed by atoms with Gasteiger partial charge in [-0.3, -0.25) is 4.57 Å². The summed E-state index contributed by atoms with van der Waals surface area (Å²) in [7, 11) is 1.83. The lowest BCUT2D eigenvalue weighted by atomic mass is 10.1. The zero-order valence-corrected chi connectivity index (χ0v) is 20.4. The Hall–Kier alpha value is -3.09. The fourth-order valence-electron chi connectivity index (χ4n) is 4.27. The number of aliphatic hydroxyl groups is 2. The van der Waals surface area contributed by atoms with Gasteiger partial charge in [-0.05, 0) is 35.4 Å². The van der Waals surface area contributed by atoms with Gasteiger partial charge >= 0.3 is 0 Å². The third-order valence-corrected chi connectivity index (χ3v) is 6.41. The van der Waals surface area contributed by atoms with Crippen molar-refractivity contribution in [1.29, 1.82) is 0 Å². The van der Waals surface area contributed by atoms with E-state index in [9.17, 15) is 14.6 Å². The van der Waals surface area contributed by atoms with Crippen LogP contribution in [0.1, 0.15) is 17.4 Å². The lowest BCUT2D eigenvalue weighted by molar-refractivity contribution is -0.0682. The first-order valence-electron chi connectivity index (χ1n) is 11.4. The molecule has 0 saturated carbocycles. The van der Waals surface area contributed by atoms with Crippen LogP contribution in [0.4, 0.5) is 10.2 Å². The topological polar surface area (TPSA) is 106 Å². The molecule has 0 bridgehead atoms. The molecule has 3 heterocycles. The smallest absolute Gasteiger partial charge is 0.167 e. The number of hydrogen-bond donors (Lipinski definition) is 3.